The zero-order valence-electron chi connectivity index (χ0n) is 9.83. The minimum atomic E-state index is -0.0627. The standard InChI is InChI=1S/C11H23N3O/c1-9-4-3-6-14(7-5-9)8-10(2)11(15)13-12/h9-10H,3-8,12H2,1-2H3,(H,13,15). The predicted molar refractivity (Wildman–Crippen MR) is 60.9 cm³/mol. The summed E-state index contributed by atoms with van der Waals surface area (Å²) in [5.41, 5.74) is 2.21. The topological polar surface area (TPSA) is 58.4 Å². The SMILES string of the molecule is CC1CCCN(CC(C)C(=O)NN)CC1. The number of amides is 1. The third-order valence-electron chi connectivity index (χ3n) is 3.23. The van der Waals surface area contributed by atoms with Crippen LogP contribution in [-0.2, 0) is 4.79 Å². The Hall–Kier alpha value is -0.610. The van der Waals surface area contributed by atoms with Gasteiger partial charge in [0.1, 0.15) is 0 Å². The van der Waals surface area contributed by atoms with Gasteiger partial charge in [-0.3, -0.25) is 10.2 Å². The van der Waals surface area contributed by atoms with Crippen LogP contribution in [-0.4, -0.2) is 30.4 Å². The van der Waals surface area contributed by atoms with E-state index in [2.05, 4.69) is 17.2 Å². The maximum absolute atomic E-state index is 11.3. The molecule has 0 aromatic carbocycles. The zero-order chi connectivity index (χ0) is 11.3. The molecule has 4 heteroatoms. The lowest BCUT2D eigenvalue weighted by Gasteiger charge is -2.22. The molecule has 0 aromatic rings. The van der Waals surface area contributed by atoms with Gasteiger partial charge < -0.3 is 4.90 Å². The lowest BCUT2D eigenvalue weighted by atomic mass is 10.0. The molecular formula is C11H23N3O. The van der Waals surface area contributed by atoms with Crippen LogP contribution >= 0.6 is 0 Å². The summed E-state index contributed by atoms with van der Waals surface area (Å²) >= 11 is 0. The normalized spacial score (nSPS) is 25.7. The van der Waals surface area contributed by atoms with Crippen molar-refractivity contribution in [2.24, 2.45) is 17.7 Å². The Morgan fingerprint density at radius 3 is 2.93 bits per heavy atom. The van der Waals surface area contributed by atoms with Gasteiger partial charge in [-0.1, -0.05) is 13.8 Å². The van der Waals surface area contributed by atoms with Gasteiger partial charge in [0.2, 0.25) is 5.91 Å². The smallest absolute Gasteiger partial charge is 0.237 e. The van der Waals surface area contributed by atoms with Gasteiger partial charge >= 0.3 is 0 Å². The molecule has 1 amide bonds. The van der Waals surface area contributed by atoms with Crippen LogP contribution in [0.5, 0.6) is 0 Å². The van der Waals surface area contributed by atoms with Crippen molar-refractivity contribution in [1.29, 1.82) is 0 Å². The molecule has 1 rings (SSSR count). The number of likely N-dealkylation sites (tertiary alicyclic amines) is 1. The van der Waals surface area contributed by atoms with E-state index in [0.29, 0.717) is 0 Å². The van der Waals surface area contributed by atoms with Crippen LogP contribution in [0.4, 0.5) is 0 Å². The Morgan fingerprint density at radius 1 is 1.53 bits per heavy atom. The van der Waals surface area contributed by atoms with E-state index in [4.69, 9.17) is 5.84 Å². The quantitative estimate of drug-likeness (QED) is 0.413. The molecule has 4 nitrogen and oxygen atoms in total. The van der Waals surface area contributed by atoms with Crippen molar-refractivity contribution in [3.05, 3.63) is 0 Å². The van der Waals surface area contributed by atoms with Gasteiger partial charge in [-0.15, -0.1) is 0 Å². The first-order valence-corrected chi connectivity index (χ1v) is 5.86. The Labute approximate surface area is 92.2 Å². The number of carbonyl (C=O) groups excluding carboxylic acids is 1. The van der Waals surface area contributed by atoms with E-state index < -0.39 is 0 Å². The fourth-order valence-corrected chi connectivity index (χ4v) is 2.12. The second-order valence-electron chi connectivity index (χ2n) is 4.75. The lowest BCUT2D eigenvalue weighted by Crippen LogP contribution is -2.40. The van der Waals surface area contributed by atoms with E-state index >= 15 is 0 Å². The van der Waals surface area contributed by atoms with Crippen molar-refractivity contribution in [3.8, 4) is 0 Å². The summed E-state index contributed by atoms with van der Waals surface area (Å²) in [7, 11) is 0. The van der Waals surface area contributed by atoms with Gasteiger partial charge in [-0.2, -0.15) is 0 Å². The first kappa shape index (κ1) is 12.5. The van der Waals surface area contributed by atoms with Crippen molar-refractivity contribution in [2.75, 3.05) is 19.6 Å². The summed E-state index contributed by atoms with van der Waals surface area (Å²) in [4.78, 5) is 13.7. The molecule has 0 spiro atoms. The monoisotopic (exact) mass is 213 g/mol. The molecular weight excluding hydrogens is 190 g/mol. The number of rotatable bonds is 3. The van der Waals surface area contributed by atoms with E-state index in [1.165, 1.54) is 19.3 Å². The molecule has 1 aliphatic heterocycles. The average molecular weight is 213 g/mol. The van der Waals surface area contributed by atoms with Gasteiger partial charge in [0, 0.05) is 12.5 Å². The van der Waals surface area contributed by atoms with Gasteiger partial charge in [-0.05, 0) is 38.3 Å². The van der Waals surface area contributed by atoms with Crippen molar-refractivity contribution >= 4 is 5.91 Å². The molecule has 1 aliphatic rings. The maximum atomic E-state index is 11.3. The Bertz CT molecular complexity index is 208. The lowest BCUT2D eigenvalue weighted by molar-refractivity contribution is -0.125. The predicted octanol–water partition coefficient (Wildman–Crippen LogP) is 0.734. The summed E-state index contributed by atoms with van der Waals surface area (Å²) < 4.78 is 0. The highest BCUT2D eigenvalue weighted by molar-refractivity contribution is 5.77. The van der Waals surface area contributed by atoms with Crippen LogP contribution in [0.2, 0.25) is 0 Å². The molecule has 15 heavy (non-hydrogen) atoms. The molecule has 1 saturated heterocycles. The van der Waals surface area contributed by atoms with Crippen molar-refractivity contribution < 1.29 is 4.79 Å². The van der Waals surface area contributed by atoms with Crippen LogP contribution in [0.15, 0.2) is 0 Å². The maximum Gasteiger partial charge on any atom is 0.237 e. The fourth-order valence-electron chi connectivity index (χ4n) is 2.12. The fraction of sp³-hybridized carbons (Fsp3) is 0.909. The molecule has 0 bridgehead atoms. The number of hydrogen-bond acceptors (Lipinski definition) is 3. The van der Waals surface area contributed by atoms with Crippen LogP contribution in [0.1, 0.15) is 33.1 Å². The Kier molecular flexibility index (Phi) is 5.05. The summed E-state index contributed by atoms with van der Waals surface area (Å²) in [6, 6.07) is 0. The highest BCUT2D eigenvalue weighted by Gasteiger charge is 2.18. The number of hydrazine groups is 1. The Balaban J connectivity index is 2.34. The number of nitrogens with two attached hydrogens (primary N) is 1. The van der Waals surface area contributed by atoms with E-state index in [9.17, 15) is 4.79 Å². The van der Waals surface area contributed by atoms with Gasteiger partial charge in [-0.25, -0.2) is 5.84 Å². The number of hydrogen-bond donors (Lipinski definition) is 2. The number of carbonyl (C=O) groups is 1. The van der Waals surface area contributed by atoms with Crippen LogP contribution < -0.4 is 11.3 Å². The molecule has 2 atom stereocenters. The molecule has 2 unspecified atom stereocenters. The molecule has 88 valence electrons. The van der Waals surface area contributed by atoms with Gasteiger partial charge in [0.05, 0.1) is 0 Å². The average Bonchev–Trinajstić information content (AvgIpc) is 2.42. The van der Waals surface area contributed by atoms with Crippen LogP contribution in [0.3, 0.4) is 0 Å². The second-order valence-corrected chi connectivity index (χ2v) is 4.75. The Morgan fingerprint density at radius 2 is 2.27 bits per heavy atom. The van der Waals surface area contributed by atoms with Gasteiger partial charge in [0.25, 0.3) is 0 Å². The summed E-state index contributed by atoms with van der Waals surface area (Å²) in [5.74, 6) is 5.87. The first-order chi connectivity index (χ1) is 7.13. The molecule has 0 aliphatic carbocycles. The largest absolute Gasteiger partial charge is 0.303 e. The van der Waals surface area contributed by atoms with E-state index in [1.54, 1.807) is 0 Å². The zero-order valence-corrected chi connectivity index (χ0v) is 9.83. The molecule has 0 aromatic heterocycles. The summed E-state index contributed by atoms with van der Waals surface area (Å²) in [6.45, 7) is 7.29. The van der Waals surface area contributed by atoms with Crippen molar-refractivity contribution in [1.82, 2.24) is 10.3 Å². The van der Waals surface area contributed by atoms with Crippen molar-refractivity contribution in [3.63, 3.8) is 0 Å². The third-order valence-corrected chi connectivity index (χ3v) is 3.23. The minimum Gasteiger partial charge on any atom is -0.303 e. The molecule has 3 N–H and O–H groups in total. The van der Waals surface area contributed by atoms with E-state index in [1.807, 2.05) is 6.92 Å². The van der Waals surface area contributed by atoms with Gasteiger partial charge in [0.15, 0.2) is 0 Å². The summed E-state index contributed by atoms with van der Waals surface area (Å²) in [5, 5.41) is 0. The first-order valence-electron chi connectivity index (χ1n) is 5.86. The number of nitrogens with zero attached hydrogens (tertiary/aromatic N) is 1. The molecule has 1 fully saturated rings. The minimum absolute atomic E-state index is 0.0107. The highest BCUT2D eigenvalue weighted by Crippen LogP contribution is 2.17. The van der Waals surface area contributed by atoms with E-state index in [0.717, 1.165) is 25.6 Å². The van der Waals surface area contributed by atoms with E-state index in [-0.39, 0.29) is 11.8 Å². The third kappa shape index (κ3) is 4.18. The summed E-state index contributed by atoms with van der Waals surface area (Å²) in [6.07, 6.45) is 3.81. The van der Waals surface area contributed by atoms with Crippen LogP contribution in [0.25, 0.3) is 0 Å². The molecule has 0 radical (unpaired) electrons. The highest BCUT2D eigenvalue weighted by atomic mass is 16.2. The molecule has 1 heterocycles. The van der Waals surface area contributed by atoms with Crippen molar-refractivity contribution in [2.45, 2.75) is 33.1 Å². The van der Waals surface area contributed by atoms with Crippen LogP contribution in [0, 0.1) is 11.8 Å². The number of nitrogens with one attached hydrogen (secondary N) is 1. The second kappa shape index (κ2) is 6.08. The molecule has 0 saturated carbocycles.